The smallest absolute Gasteiger partial charge is 0.338 e. The Kier molecular flexibility index (Phi) is 8.15. The van der Waals surface area contributed by atoms with E-state index in [1.807, 2.05) is 30.3 Å². The molecule has 0 radical (unpaired) electrons. The summed E-state index contributed by atoms with van der Waals surface area (Å²) in [5, 5.41) is 0. The molecule has 0 fully saturated rings. The van der Waals surface area contributed by atoms with Crippen LogP contribution in [-0.4, -0.2) is 60.9 Å². The summed E-state index contributed by atoms with van der Waals surface area (Å²) in [6.45, 7) is 0.937. The zero-order valence-electron chi connectivity index (χ0n) is 18.0. The Morgan fingerprint density at radius 3 is 1.62 bits per heavy atom. The first-order chi connectivity index (χ1) is 15.6. The van der Waals surface area contributed by atoms with Crippen LogP contribution in [-0.2, 0) is 4.74 Å². The summed E-state index contributed by atoms with van der Waals surface area (Å²) in [4.78, 5) is 41.0. The lowest BCUT2D eigenvalue weighted by molar-refractivity contribution is 0.0428. The lowest BCUT2D eigenvalue weighted by atomic mass is 10.2. The van der Waals surface area contributed by atoms with Crippen LogP contribution in [0.15, 0.2) is 91.0 Å². The van der Waals surface area contributed by atoms with Crippen LogP contribution in [0.3, 0.4) is 0 Å². The average molecular weight is 431 g/mol. The van der Waals surface area contributed by atoms with Gasteiger partial charge in [-0.2, -0.15) is 0 Å². The second kappa shape index (κ2) is 11.5. The standard InChI is InChI=1S/C26H26N2O4/c1-27(24(29)21-11-5-2-6-12-21)17-18-28(25(30)22-13-7-3-8-14-22)19-20-32-26(31)23-15-9-4-10-16-23/h2-16H,17-20H2,1H3. The van der Waals surface area contributed by atoms with Crippen molar-refractivity contribution in [1.29, 1.82) is 0 Å². The van der Waals surface area contributed by atoms with E-state index < -0.39 is 5.97 Å². The second-order valence-corrected chi connectivity index (χ2v) is 7.25. The van der Waals surface area contributed by atoms with Crippen molar-refractivity contribution in [2.45, 2.75) is 0 Å². The first-order valence-corrected chi connectivity index (χ1v) is 10.4. The molecule has 6 heteroatoms. The minimum Gasteiger partial charge on any atom is -0.460 e. The molecule has 164 valence electrons. The second-order valence-electron chi connectivity index (χ2n) is 7.25. The molecular formula is C26H26N2O4. The molecule has 0 unspecified atom stereocenters. The number of nitrogens with zero attached hydrogens (tertiary/aromatic N) is 2. The monoisotopic (exact) mass is 430 g/mol. The maximum absolute atomic E-state index is 13.0. The fraction of sp³-hybridized carbons (Fsp3) is 0.192. The first kappa shape index (κ1) is 22.7. The zero-order chi connectivity index (χ0) is 22.8. The molecule has 0 aliphatic heterocycles. The number of amides is 2. The number of ether oxygens (including phenoxy) is 1. The van der Waals surface area contributed by atoms with Gasteiger partial charge in [0, 0.05) is 31.3 Å². The van der Waals surface area contributed by atoms with Crippen molar-refractivity contribution in [2.24, 2.45) is 0 Å². The quantitative estimate of drug-likeness (QED) is 0.485. The van der Waals surface area contributed by atoms with E-state index in [4.69, 9.17) is 4.74 Å². The normalized spacial score (nSPS) is 10.3. The third-order valence-corrected chi connectivity index (χ3v) is 4.98. The first-order valence-electron chi connectivity index (χ1n) is 10.4. The lowest BCUT2D eigenvalue weighted by Gasteiger charge is -2.26. The van der Waals surface area contributed by atoms with E-state index >= 15 is 0 Å². The maximum atomic E-state index is 13.0. The number of carbonyl (C=O) groups excluding carboxylic acids is 3. The van der Waals surface area contributed by atoms with Gasteiger partial charge in [0.25, 0.3) is 11.8 Å². The maximum Gasteiger partial charge on any atom is 0.338 e. The van der Waals surface area contributed by atoms with Gasteiger partial charge in [-0.05, 0) is 36.4 Å². The molecule has 0 heterocycles. The van der Waals surface area contributed by atoms with Crippen LogP contribution in [0.4, 0.5) is 0 Å². The van der Waals surface area contributed by atoms with Gasteiger partial charge in [0.15, 0.2) is 0 Å². The van der Waals surface area contributed by atoms with Crippen molar-refractivity contribution < 1.29 is 19.1 Å². The average Bonchev–Trinajstić information content (AvgIpc) is 2.86. The molecule has 0 saturated heterocycles. The summed E-state index contributed by atoms with van der Waals surface area (Å²) < 4.78 is 5.35. The fourth-order valence-electron chi connectivity index (χ4n) is 3.16. The van der Waals surface area contributed by atoms with Crippen molar-refractivity contribution >= 4 is 17.8 Å². The molecule has 0 aliphatic carbocycles. The summed E-state index contributed by atoms with van der Waals surface area (Å²) in [7, 11) is 1.70. The van der Waals surface area contributed by atoms with E-state index in [9.17, 15) is 14.4 Å². The Bertz CT molecular complexity index is 1020. The number of benzene rings is 3. The number of hydrogen-bond donors (Lipinski definition) is 0. The summed E-state index contributed by atoms with van der Waals surface area (Å²) in [6.07, 6.45) is 0. The van der Waals surface area contributed by atoms with Crippen molar-refractivity contribution in [3.05, 3.63) is 108 Å². The Morgan fingerprint density at radius 1 is 0.625 bits per heavy atom. The van der Waals surface area contributed by atoms with Gasteiger partial charge in [-0.1, -0.05) is 54.6 Å². The molecule has 0 bridgehead atoms. The predicted molar refractivity (Wildman–Crippen MR) is 122 cm³/mol. The highest BCUT2D eigenvalue weighted by atomic mass is 16.5. The summed E-state index contributed by atoms with van der Waals surface area (Å²) in [5.41, 5.74) is 1.59. The van der Waals surface area contributed by atoms with Gasteiger partial charge < -0.3 is 14.5 Å². The molecule has 2 amide bonds. The van der Waals surface area contributed by atoms with E-state index in [0.29, 0.717) is 29.8 Å². The van der Waals surface area contributed by atoms with E-state index in [-0.39, 0.29) is 25.0 Å². The van der Waals surface area contributed by atoms with Crippen molar-refractivity contribution in [3.8, 4) is 0 Å². The number of rotatable bonds is 9. The van der Waals surface area contributed by atoms with Crippen molar-refractivity contribution in [2.75, 3.05) is 33.3 Å². The summed E-state index contributed by atoms with van der Waals surface area (Å²) >= 11 is 0. The number of likely N-dealkylation sites (N-methyl/N-ethyl adjacent to an activating group) is 1. The molecule has 0 aromatic heterocycles. The molecular weight excluding hydrogens is 404 g/mol. The van der Waals surface area contributed by atoms with Crippen LogP contribution >= 0.6 is 0 Å². The van der Waals surface area contributed by atoms with Crippen LogP contribution in [0.25, 0.3) is 0 Å². The van der Waals surface area contributed by atoms with Crippen LogP contribution in [0.1, 0.15) is 31.1 Å². The third kappa shape index (κ3) is 6.28. The number of hydrogen-bond acceptors (Lipinski definition) is 4. The molecule has 0 N–H and O–H groups in total. The fourth-order valence-corrected chi connectivity index (χ4v) is 3.16. The molecule has 6 nitrogen and oxygen atoms in total. The Morgan fingerprint density at radius 2 is 1.09 bits per heavy atom. The molecule has 3 rings (SSSR count). The van der Waals surface area contributed by atoms with Crippen molar-refractivity contribution in [1.82, 2.24) is 9.80 Å². The van der Waals surface area contributed by atoms with Crippen LogP contribution < -0.4 is 0 Å². The zero-order valence-corrected chi connectivity index (χ0v) is 18.0. The SMILES string of the molecule is CN(CCN(CCOC(=O)c1ccccc1)C(=O)c1ccccc1)C(=O)c1ccccc1. The van der Waals surface area contributed by atoms with Gasteiger partial charge in [0.2, 0.25) is 0 Å². The minimum atomic E-state index is -0.436. The van der Waals surface area contributed by atoms with Gasteiger partial charge in [-0.15, -0.1) is 0 Å². The van der Waals surface area contributed by atoms with E-state index in [2.05, 4.69) is 0 Å². The molecule has 3 aromatic carbocycles. The molecule has 0 aliphatic rings. The topological polar surface area (TPSA) is 66.9 Å². The van der Waals surface area contributed by atoms with E-state index in [0.717, 1.165) is 0 Å². The van der Waals surface area contributed by atoms with E-state index in [1.54, 1.807) is 77.5 Å². The van der Waals surface area contributed by atoms with Crippen molar-refractivity contribution in [3.63, 3.8) is 0 Å². The van der Waals surface area contributed by atoms with Crippen LogP contribution in [0.2, 0.25) is 0 Å². The summed E-state index contributed by atoms with van der Waals surface area (Å²) in [5.74, 6) is -0.732. The highest BCUT2D eigenvalue weighted by Crippen LogP contribution is 2.08. The molecule has 0 atom stereocenters. The lowest BCUT2D eigenvalue weighted by Crippen LogP contribution is -2.41. The molecule has 3 aromatic rings. The summed E-state index contributed by atoms with van der Waals surface area (Å²) in [6, 6.07) is 26.6. The third-order valence-electron chi connectivity index (χ3n) is 4.98. The van der Waals surface area contributed by atoms with Gasteiger partial charge in [-0.25, -0.2) is 4.79 Å². The number of esters is 1. The van der Waals surface area contributed by atoms with Gasteiger partial charge >= 0.3 is 5.97 Å². The highest BCUT2D eigenvalue weighted by molar-refractivity contribution is 5.95. The van der Waals surface area contributed by atoms with Crippen LogP contribution in [0, 0.1) is 0 Å². The molecule has 32 heavy (non-hydrogen) atoms. The predicted octanol–water partition coefficient (Wildman–Crippen LogP) is 3.76. The van der Waals surface area contributed by atoms with Crippen LogP contribution in [0.5, 0.6) is 0 Å². The van der Waals surface area contributed by atoms with Gasteiger partial charge in [0.05, 0.1) is 12.1 Å². The molecule has 0 saturated carbocycles. The Labute approximate surface area is 188 Å². The largest absolute Gasteiger partial charge is 0.460 e. The van der Waals surface area contributed by atoms with Gasteiger partial charge in [-0.3, -0.25) is 9.59 Å². The Hall–Kier alpha value is -3.93. The Balaban J connectivity index is 1.62. The van der Waals surface area contributed by atoms with E-state index in [1.165, 1.54) is 0 Å². The van der Waals surface area contributed by atoms with Gasteiger partial charge in [0.1, 0.15) is 6.61 Å². The molecule has 0 spiro atoms. The number of carbonyl (C=O) groups is 3. The minimum absolute atomic E-state index is 0.0582. The highest BCUT2D eigenvalue weighted by Gasteiger charge is 2.19.